The van der Waals surface area contributed by atoms with Crippen molar-refractivity contribution in [2.45, 2.75) is 0 Å². The van der Waals surface area contributed by atoms with Crippen molar-refractivity contribution in [3.63, 3.8) is 0 Å². The van der Waals surface area contributed by atoms with Crippen LogP contribution in [0.5, 0.6) is 0 Å². The first kappa shape index (κ1) is 31.7. The summed E-state index contributed by atoms with van der Waals surface area (Å²) in [4.78, 5) is 0. The van der Waals surface area contributed by atoms with E-state index >= 15 is 0 Å². The molecule has 12 rings (SSSR count). The van der Waals surface area contributed by atoms with E-state index in [0.29, 0.717) is 0 Å². The van der Waals surface area contributed by atoms with Gasteiger partial charge in [0.25, 0.3) is 0 Å². The number of fused-ring (bicyclic) bond motifs is 9. The van der Waals surface area contributed by atoms with E-state index in [2.05, 4.69) is 203 Å². The van der Waals surface area contributed by atoms with Gasteiger partial charge in [0.05, 0.1) is 22.1 Å². The fourth-order valence-electron chi connectivity index (χ4n) is 9.31. The molecule has 0 atom stereocenters. The number of rotatable bonds is 5. The molecule has 0 N–H and O–H groups in total. The first-order valence-corrected chi connectivity index (χ1v) is 19.5. The van der Waals surface area contributed by atoms with Crippen LogP contribution in [0.1, 0.15) is 0 Å². The average Bonchev–Trinajstić information content (AvgIpc) is 3.95. The molecule has 0 saturated heterocycles. The standard InChI is InChI=1S/C54H34N2O/c1-2-18-38(19-3-1)55-48-29-8-5-22-45(48)52-42(25-13-30-49(52)55)44-27-12-26-43-41-21-4-7-28-47(41)56(54(43)44)39-20-11-16-36(34-39)35-15-10-17-37(33-35)40-24-14-32-51-53(40)46-23-6-9-31-50(46)57-51/h1-34H. The van der Waals surface area contributed by atoms with E-state index < -0.39 is 0 Å². The van der Waals surface area contributed by atoms with Gasteiger partial charge < -0.3 is 13.6 Å². The Balaban J connectivity index is 1.07. The summed E-state index contributed by atoms with van der Waals surface area (Å²) in [5, 5.41) is 7.26. The van der Waals surface area contributed by atoms with Gasteiger partial charge in [-0.25, -0.2) is 0 Å². The second kappa shape index (κ2) is 12.5. The van der Waals surface area contributed by atoms with Gasteiger partial charge in [-0.1, -0.05) is 146 Å². The van der Waals surface area contributed by atoms with Crippen LogP contribution in [0.15, 0.2) is 211 Å². The Morgan fingerprint density at radius 3 is 1.74 bits per heavy atom. The molecule has 57 heavy (non-hydrogen) atoms. The largest absolute Gasteiger partial charge is 0.456 e. The first-order chi connectivity index (χ1) is 28.3. The molecule has 0 aliphatic heterocycles. The minimum atomic E-state index is 0.906. The monoisotopic (exact) mass is 726 g/mol. The normalized spacial score (nSPS) is 11.9. The van der Waals surface area contributed by atoms with Crippen LogP contribution in [0.4, 0.5) is 0 Å². The van der Waals surface area contributed by atoms with E-state index in [4.69, 9.17) is 4.42 Å². The van der Waals surface area contributed by atoms with E-state index in [-0.39, 0.29) is 0 Å². The lowest BCUT2D eigenvalue weighted by molar-refractivity contribution is 0.669. The number of hydrogen-bond acceptors (Lipinski definition) is 1. The lowest BCUT2D eigenvalue weighted by Gasteiger charge is -2.14. The smallest absolute Gasteiger partial charge is 0.136 e. The van der Waals surface area contributed by atoms with Crippen LogP contribution in [0.2, 0.25) is 0 Å². The third kappa shape index (κ3) is 4.79. The molecule has 9 aromatic carbocycles. The van der Waals surface area contributed by atoms with Gasteiger partial charge in [0, 0.05) is 49.3 Å². The second-order valence-electron chi connectivity index (χ2n) is 14.9. The molecule has 3 nitrogen and oxygen atoms in total. The molecule has 0 bridgehead atoms. The van der Waals surface area contributed by atoms with E-state index in [0.717, 1.165) is 44.4 Å². The molecule has 3 aromatic heterocycles. The fraction of sp³-hybridized carbons (Fsp3) is 0. The maximum absolute atomic E-state index is 6.26. The van der Waals surface area contributed by atoms with Crippen molar-refractivity contribution in [3.8, 4) is 44.8 Å². The van der Waals surface area contributed by atoms with Gasteiger partial charge in [0.15, 0.2) is 0 Å². The van der Waals surface area contributed by atoms with Gasteiger partial charge in [-0.2, -0.15) is 0 Å². The highest BCUT2D eigenvalue weighted by Gasteiger charge is 2.21. The van der Waals surface area contributed by atoms with Gasteiger partial charge in [0.1, 0.15) is 11.2 Å². The maximum atomic E-state index is 6.26. The van der Waals surface area contributed by atoms with Crippen LogP contribution < -0.4 is 0 Å². The average molecular weight is 727 g/mol. The van der Waals surface area contributed by atoms with Crippen molar-refractivity contribution in [1.29, 1.82) is 0 Å². The quantitative estimate of drug-likeness (QED) is 0.173. The van der Waals surface area contributed by atoms with Gasteiger partial charge >= 0.3 is 0 Å². The van der Waals surface area contributed by atoms with E-state index in [1.54, 1.807) is 0 Å². The molecule has 0 radical (unpaired) electrons. The second-order valence-corrected chi connectivity index (χ2v) is 14.9. The third-order valence-corrected chi connectivity index (χ3v) is 11.7. The van der Waals surface area contributed by atoms with Crippen LogP contribution in [0.25, 0.3) is 110 Å². The van der Waals surface area contributed by atoms with Crippen LogP contribution in [0.3, 0.4) is 0 Å². The number of hydrogen-bond donors (Lipinski definition) is 0. The number of aromatic nitrogens is 2. The van der Waals surface area contributed by atoms with E-state index in [1.807, 2.05) is 12.1 Å². The Kier molecular flexibility index (Phi) is 6.93. The highest BCUT2D eigenvalue weighted by molar-refractivity contribution is 6.21. The number of furan rings is 1. The number of benzene rings is 9. The van der Waals surface area contributed by atoms with Crippen molar-refractivity contribution in [1.82, 2.24) is 9.13 Å². The number of para-hydroxylation sites is 5. The summed E-state index contributed by atoms with van der Waals surface area (Å²) < 4.78 is 11.1. The Hall–Kier alpha value is -7.62. The summed E-state index contributed by atoms with van der Waals surface area (Å²) in [5.41, 5.74) is 16.0. The highest BCUT2D eigenvalue weighted by atomic mass is 16.3. The van der Waals surface area contributed by atoms with Crippen molar-refractivity contribution < 1.29 is 4.42 Å². The lowest BCUT2D eigenvalue weighted by atomic mass is 9.95. The molecular weight excluding hydrogens is 693 g/mol. The molecule has 0 unspecified atom stereocenters. The summed E-state index contributed by atoms with van der Waals surface area (Å²) in [5.74, 6) is 0. The zero-order valence-corrected chi connectivity index (χ0v) is 30.9. The molecule has 3 heterocycles. The zero-order valence-electron chi connectivity index (χ0n) is 30.9. The Morgan fingerprint density at radius 2 is 0.860 bits per heavy atom. The summed E-state index contributed by atoms with van der Waals surface area (Å²) in [7, 11) is 0. The van der Waals surface area contributed by atoms with Crippen molar-refractivity contribution in [2.75, 3.05) is 0 Å². The zero-order chi connectivity index (χ0) is 37.5. The third-order valence-electron chi connectivity index (χ3n) is 11.7. The summed E-state index contributed by atoms with van der Waals surface area (Å²) in [6.07, 6.45) is 0. The summed E-state index contributed by atoms with van der Waals surface area (Å²) >= 11 is 0. The molecule has 0 aliphatic rings. The van der Waals surface area contributed by atoms with Crippen LogP contribution in [0, 0.1) is 0 Å². The van der Waals surface area contributed by atoms with Crippen LogP contribution >= 0.6 is 0 Å². The summed E-state index contributed by atoms with van der Waals surface area (Å²) in [6.45, 7) is 0. The van der Waals surface area contributed by atoms with Gasteiger partial charge in [-0.3, -0.25) is 0 Å². The van der Waals surface area contributed by atoms with Crippen LogP contribution in [-0.2, 0) is 0 Å². The van der Waals surface area contributed by atoms with E-state index in [9.17, 15) is 0 Å². The van der Waals surface area contributed by atoms with Gasteiger partial charge in [-0.15, -0.1) is 0 Å². The predicted octanol–water partition coefficient (Wildman–Crippen LogP) is 14.8. The number of nitrogens with zero attached hydrogens (tertiary/aromatic N) is 2. The van der Waals surface area contributed by atoms with Crippen molar-refractivity contribution in [2.24, 2.45) is 0 Å². The Labute approximate surface area is 328 Å². The van der Waals surface area contributed by atoms with Gasteiger partial charge in [-0.05, 0) is 88.5 Å². The van der Waals surface area contributed by atoms with Gasteiger partial charge in [0.2, 0.25) is 0 Å². The highest BCUT2D eigenvalue weighted by Crippen LogP contribution is 2.44. The fourth-order valence-corrected chi connectivity index (χ4v) is 9.31. The molecular formula is C54H34N2O. The molecule has 0 amide bonds. The molecule has 0 aliphatic carbocycles. The summed E-state index contributed by atoms with van der Waals surface area (Å²) in [6, 6.07) is 74.5. The predicted molar refractivity (Wildman–Crippen MR) is 239 cm³/mol. The molecule has 12 aromatic rings. The minimum Gasteiger partial charge on any atom is -0.456 e. The van der Waals surface area contributed by atoms with Crippen molar-refractivity contribution >= 4 is 65.6 Å². The Bertz CT molecular complexity index is 3530. The minimum absolute atomic E-state index is 0.906. The lowest BCUT2D eigenvalue weighted by Crippen LogP contribution is -1.96. The SMILES string of the molecule is c1ccc(-n2c3ccccc3c3c(-c4cccc5c6ccccc6n(-c6cccc(-c7cccc(-c8cccc9oc%10ccccc%10c89)c7)c6)c45)cccc32)cc1. The molecule has 3 heteroatoms. The molecule has 266 valence electrons. The van der Waals surface area contributed by atoms with E-state index in [1.165, 1.54) is 65.9 Å². The molecule has 0 saturated carbocycles. The Morgan fingerprint density at radius 1 is 0.298 bits per heavy atom. The maximum Gasteiger partial charge on any atom is 0.136 e. The van der Waals surface area contributed by atoms with Crippen LogP contribution in [-0.4, -0.2) is 9.13 Å². The molecule has 0 spiro atoms. The first-order valence-electron chi connectivity index (χ1n) is 19.5. The van der Waals surface area contributed by atoms with Crippen molar-refractivity contribution in [3.05, 3.63) is 206 Å². The molecule has 0 fully saturated rings. The topological polar surface area (TPSA) is 23.0 Å².